The Hall–Kier alpha value is -3.02. The Bertz CT molecular complexity index is 1250. The molecule has 0 saturated carbocycles. The van der Waals surface area contributed by atoms with Gasteiger partial charge in [0, 0.05) is 29.2 Å². The highest BCUT2D eigenvalue weighted by Gasteiger charge is 2.71. The Kier molecular flexibility index (Phi) is 5.74. The predicted octanol–water partition coefficient (Wildman–Crippen LogP) is 6.52. The second kappa shape index (κ2) is 8.00. The van der Waals surface area contributed by atoms with Gasteiger partial charge in [0.25, 0.3) is 5.60 Å². The van der Waals surface area contributed by atoms with Gasteiger partial charge in [0.1, 0.15) is 5.69 Å². The Morgan fingerprint density at radius 1 is 0.886 bits per heavy atom. The summed E-state index contributed by atoms with van der Waals surface area (Å²) in [4.78, 5) is 5.36. The third-order valence-corrected chi connectivity index (χ3v) is 6.07. The van der Waals surface area contributed by atoms with Gasteiger partial charge in [-0.15, -0.1) is 0 Å². The maximum absolute atomic E-state index is 13.2. The smallest absolute Gasteiger partial charge is 0.369 e. The van der Waals surface area contributed by atoms with Crippen LogP contribution in [0.2, 0.25) is 0 Å². The third kappa shape index (κ3) is 4.28. The SMILES string of the molecule is CC1Cc2cc(C(O)(C(F)(F)F)C(F)(F)F)ccc2N1Cc1ccc2nc(C(F)(F)F)ccc2c1. The number of halogens is 9. The van der Waals surface area contributed by atoms with Crippen LogP contribution in [0.15, 0.2) is 48.5 Å². The highest BCUT2D eigenvalue weighted by atomic mass is 19.4. The van der Waals surface area contributed by atoms with E-state index in [0.717, 1.165) is 18.2 Å². The summed E-state index contributed by atoms with van der Waals surface area (Å²) in [6, 6.07) is 8.84. The van der Waals surface area contributed by atoms with Crippen molar-refractivity contribution in [2.45, 2.75) is 50.1 Å². The molecule has 12 heteroatoms. The van der Waals surface area contributed by atoms with Crippen molar-refractivity contribution in [1.82, 2.24) is 4.98 Å². The van der Waals surface area contributed by atoms with Crippen LogP contribution in [0.1, 0.15) is 29.3 Å². The molecule has 0 aliphatic carbocycles. The van der Waals surface area contributed by atoms with E-state index in [0.29, 0.717) is 22.7 Å². The monoisotopic (exact) mass is 508 g/mol. The molecule has 3 nitrogen and oxygen atoms in total. The topological polar surface area (TPSA) is 36.4 Å². The first-order valence-electron chi connectivity index (χ1n) is 10.2. The minimum atomic E-state index is -5.98. The summed E-state index contributed by atoms with van der Waals surface area (Å²) in [5.74, 6) is 0. The second-order valence-electron chi connectivity index (χ2n) is 8.45. The Morgan fingerprint density at radius 3 is 2.14 bits per heavy atom. The van der Waals surface area contributed by atoms with Crippen molar-refractivity contribution in [2.24, 2.45) is 0 Å². The molecule has 35 heavy (non-hydrogen) atoms. The summed E-state index contributed by atoms with van der Waals surface area (Å²) < 4.78 is 118. The normalized spacial score (nSPS) is 17.2. The third-order valence-electron chi connectivity index (χ3n) is 6.07. The van der Waals surface area contributed by atoms with Crippen LogP contribution in [0.4, 0.5) is 45.2 Å². The number of aliphatic hydroxyl groups is 1. The van der Waals surface area contributed by atoms with Gasteiger partial charge in [0.2, 0.25) is 0 Å². The van der Waals surface area contributed by atoms with Crippen molar-refractivity contribution in [3.63, 3.8) is 0 Å². The lowest BCUT2D eigenvalue weighted by Gasteiger charge is -2.33. The number of alkyl halides is 9. The van der Waals surface area contributed by atoms with E-state index in [1.807, 2.05) is 0 Å². The van der Waals surface area contributed by atoms with Gasteiger partial charge in [-0.3, -0.25) is 0 Å². The Morgan fingerprint density at radius 2 is 1.54 bits per heavy atom. The molecule has 1 aromatic heterocycles. The summed E-state index contributed by atoms with van der Waals surface area (Å²) in [6.45, 7) is 1.94. The number of aromatic nitrogens is 1. The first-order chi connectivity index (χ1) is 16.0. The van der Waals surface area contributed by atoms with Gasteiger partial charge >= 0.3 is 18.5 Å². The standard InChI is InChI=1S/C23H17F9N2O/c1-12-8-15-10-16(20(35,22(27,28)29)23(30,31)32)4-6-18(15)34(12)11-13-2-5-17-14(9-13)3-7-19(33-17)21(24,25)26/h2-7,9-10,12,35H,8,11H2,1H3. The Balaban J connectivity index is 1.65. The van der Waals surface area contributed by atoms with Crippen LogP contribution in [0, 0.1) is 0 Å². The van der Waals surface area contributed by atoms with Crippen LogP contribution in [0.5, 0.6) is 0 Å². The molecule has 1 unspecified atom stereocenters. The molecule has 1 atom stereocenters. The van der Waals surface area contributed by atoms with Crippen LogP contribution < -0.4 is 4.90 Å². The van der Waals surface area contributed by atoms with Gasteiger partial charge in [-0.05, 0) is 48.7 Å². The first kappa shape index (κ1) is 25.1. The number of fused-ring (bicyclic) bond motifs is 2. The van der Waals surface area contributed by atoms with E-state index in [2.05, 4.69) is 4.98 Å². The minimum Gasteiger partial charge on any atom is -0.369 e. The molecule has 0 fully saturated rings. The van der Waals surface area contributed by atoms with E-state index in [1.165, 1.54) is 12.1 Å². The van der Waals surface area contributed by atoms with Crippen LogP contribution in [0.25, 0.3) is 10.9 Å². The second-order valence-corrected chi connectivity index (χ2v) is 8.45. The fraction of sp³-hybridized carbons (Fsp3) is 0.348. The average molecular weight is 508 g/mol. The quantitative estimate of drug-likeness (QED) is 0.410. The average Bonchev–Trinajstić information content (AvgIpc) is 3.04. The molecule has 1 N–H and O–H groups in total. The molecule has 1 aliphatic rings. The molecule has 0 spiro atoms. The fourth-order valence-corrected chi connectivity index (χ4v) is 4.28. The van der Waals surface area contributed by atoms with Crippen molar-refractivity contribution in [1.29, 1.82) is 0 Å². The maximum atomic E-state index is 13.2. The predicted molar refractivity (Wildman–Crippen MR) is 109 cm³/mol. The molecule has 0 saturated heterocycles. The zero-order valence-electron chi connectivity index (χ0n) is 17.9. The van der Waals surface area contributed by atoms with Gasteiger partial charge in [-0.25, -0.2) is 4.98 Å². The van der Waals surface area contributed by atoms with E-state index < -0.39 is 35.4 Å². The van der Waals surface area contributed by atoms with Gasteiger partial charge in [0.15, 0.2) is 0 Å². The van der Waals surface area contributed by atoms with Crippen LogP contribution >= 0.6 is 0 Å². The van der Waals surface area contributed by atoms with Crippen molar-refractivity contribution in [2.75, 3.05) is 4.90 Å². The fourth-order valence-electron chi connectivity index (χ4n) is 4.28. The number of anilines is 1. The maximum Gasteiger partial charge on any atom is 0.433 e. The number of nitrogens with zero attached hydrogens (tertiary/aromatic N) is 2. The van der Waals surface area contributed by atoms with E-state index in [9.17, 15) is 44.6 Å². The van der Waals surface area contributed by atoms with Crippen LogP contribution in [0.3, 0.4) is 0 Å². The lowest BCUT2D eigenvalue weighted by molar-refractivity contribution is -0.376. The van der Waals surface area contributed by atoms with E-state index in [-0.39, 0.29) is 30.1 Å². The van der Waals surface area contributed by atoms with E-state index in [4.69, 9.17) is 0 Å². The molecule has 2 heterocycles. The first-order valence-corrected chi connectivity index (χ1v) is 10.2. The summed E-state index contributed by atoms with van der Waals surface area (Å²) in [7, 11) is 0. The molecule has 2 aromatic carbocycles. The van der Waals surface area contributed by atoms with Crippen molar-refractivity contribution < 1.29 is 44.6 Å². The van der Waals surface area contributed by atoms with Crippen molar-refractivity contribution >= 4 is 16.6 Å². The molecular formula is C23H17F9N2O. The van der Waals surface area contributed by atoms with Gasteiger partial charge in [0.05, 0.1) is 5.52 Å². The molecule has 4 rings (SSSR count). The zero-order valence-corrected chi connectivity index (χ0v) is 17.9. The Labute approximate surface area is 192 Å². The molecular weight excluding hydrogens is 491 g/mol. The summed E-state index contributed by atoms with van der Waals surface area (Å²) >= 11 is 0. The lowest BCUT2D eigenvalue weighted by atomic mass is 9.90. The summed E-state index contributed by atoms with van der Waals surface area (Å²) in [6.07, 6.45) is -16.4. The highest BCUT2D eigenvalue weighted by molar-refractivity contribution is 5.79. The summed E-state index contributed by atoms with van der Waals surface area (Å²) in [5, 5.41) is 10.1. The number of hydrogen-bond donors (Lipinski definition) is 1. The number of rotatable bonds is 3. The number of hydrogen-bond acceptors (Lipinski definition) is 3. The molecule has 3 aromatic rings. The number of benzene rings is 2. The minimum absolute atomic E-state index is 0.127. The molecule has 1 aliphatic heterocycles. The molecule has 0 amide bonds. The van der Waals surface area contributed by atoms with E-state index in [1.54, 1.807) is 24.0 Å². The molecule has 188 valence electrons. The largest absolute Gasteiger partial charge is 0.433 e. The van der Waals surface area contributed by atoms with Gasteiger partial charge in [-0.2, -0.15) is 39.5 Å². The van der Waals surface area contributed by atoms with Gasteiger partial charge < -0.3 is 10.0 Å². The van der Waals surface area contributed by atoms with Crippen LogP contribution in [-0.2, 0) is 24.7 Å². The van der Waals surface area contributed by atoms with Crippen molar-refractivity contribution in [3.8, 4) is 0 Å². The van der Waals surface area contributed by atoms with E-state index >= 15 is 0 Å². The highest BCUT2D eigenvalue weighted by Crippen LogP contribution is 2.51. The lowest BCUT2D eigenvalue weighted by Crippen LogP contribution is -2.53. The molecule has 0 bridgehead atoms. The molecule has 0 radical (unpaired) electrons. The van der Waals surface area contributed by atoms with Crippen molar-refractivity contribution in [3.05, 3.63) is 70.9 Å². The van der Waals surface area contributed by atoms with Crippen LogP contribution in [-0.4, -0.2) is 28.5 Å². The summed E-state index contributed by atoms with van der Waals surface area (Å²) in [5.41, 5.74) is -5.97. The number of pyridine rings is 1. The van der Waals surface area contributed by atoms with Gasteiger partial charge in [-0.1, -0.05) is 24.3 Å². The zero-order chi connectivity index (χ0) is 26.0.